The van der Waals surface area contributed by atoms with Gasteiger partial charge in [-0.05, 0) is 18.9 Å². The number of para-hydroxylation sites is 1. The van der Waals surface area contributed by atoms with Crippen LogP contribution in [0.25, 0.3) is 0 Å². The zero-order valence-corrected chi connectivity index (χ0v) is 12.2. The van der Waals surface area contributed by atoms with Gasteiger partial charge in [0.05, 0.1) is 10.5 Å². The van der Waals surface area contributed by atoms with Crippen LogP contribution in [0.5, 0.6) is 0 Å². The van der Waals surface area contributed by atoms with Crippen LogP contribution >= 0.6 is 0 Å². The van der Waals surface area contributed by atoms with Crippen LogP contribution in [0.15, 0.2) is 18.2 Å². The van der Waals surface area contributed by atoms with Gasteiger partial charge < -0.3 is 10.2 Å². The molecule has 0 saturated carbocycles. The Kier molecular flexibility index (Phi) is 5.96. The van der Waals surface area contributed by atoms with Crippen LogP contribution in [0.1, 0.15) is 37.0 Å². The third-order valence-corrected chi connectivity index (χ3v) is 2.93. The molecule has 0 saturated heterocycles. The molecule has 110 valence electrons. The maximum Gasteiger partial charge on any atom is 0.293 e. The maximum absolute atomic E-state index is 12.4. The van der Waals surface area contributed by atoms with E-state index in [1.165, 1.54) is 6.07 Å². The Morgan fingerprint density at radius 3 is 2.60 bits per heavy atom. The van der Waals surface area contributed by atoms with Crippen LogP contribution < -0.4 is 5.32 Å². The van der Waals surface area contributed by atoms with Gasteiger partial charge in [-0.3, -0.25) is 14.9 Å². The number of carbonyl (C=O) groups excluding carboxylic acids is 1. The van der Waals surface area contributed by atoms with Crippen LogP contribution in [-0.2, 0) is 0 Å². The second-order valence-corrected chi connectivity index (χ2v) is 4.61. The third kappa shape index (κ3) is 3.69. The molecule has 1 rings (SSSR count). The molecule has 20 heavy (non-hydrogen) atoms. The van der Waals surface area contributed by atoms with E-state index in [-0.39, 0.29) is 11.6 Å². The Labute approximate surface area is 118 Å². The standard InChI is InChI=1S/C14H21N3O3/c1-4-9-15-13-11(14(18)16(3)10-5-2)7-6-8-12(13)17(19)20/h6-8,15H,4-5,9-10H2,1-3H3. The number of hydrogen-bond donors (Lipinski definition) is 1. The van der Waals surface area contributed by atoms with Gasteiger partial charge in [0.25, 0.3) is 11.6 Å². The molecule has 1 aromatic rings. The molecule has 0 aromatic heterocycles. The predicted octanol–water partition coefficient (Wildman–Crippen LogP) is 2.90. The fourth-order valence-electron chi connectivity index (χ4n) is 1.95. The van der Waals surface area contributed by atoms with E-state index in [1.807, 2.05) is 13.8 Å². The SMILES string of the molecule is CCCNc1c(C(=O)N(C)CCC)cccc1[N+](=O)[O-]. The Hall–Kier alpha value is -2.11. The van der Waals surface area contributed by atoms with Gasteiger partial charge in [-0.25, -0.2) is 0 Å². The number of anilines is 1. The molecule has 0 atom stereocenters. The fourth-order valence-corrected chi connectivity index (χ4v) is 1.95. The molecule has 0 fully saturated rings. The van der Waals surface area contributed by atoms with Crippen LogP contribution in [0.4, 0.5) is 11.4 Å². The number of rotatable bonds is 7. The smallest absolute Gasteiger partial charge is 0.293 e. The highest BCUT2D eigenvalue weighted by Gasteiger charge is 2.22. The Bertz CT molecular complexity index is 489. The topological polar surface area (TPSA) is 75.5 Å². The summed E-state index contributed by atoms with van der Waals surface area (Å²) in [5, 5.41) is 14.1. The summed E-state index contributed by atoms with van der Waals surface area (Å²) in [6.07, 6.45) is 1.67. The minimum atomic E-state index is -0.464. The number of nitrogens with one attached hydrogen (secondary N) is 1. The van der Waals surface area contributed by atoms with Gasteiger partial charge in [-0.15, -0.1) is 0 Å². The van der Waals surface area contributed by atoms with E-state index < -0.39 is 4.92 Å². The monoisotopic (exact) mass is 279 g/mol. The fraction of sp³-hybridized carbons (Fsp3) is 0.500. The molecule has 0 radical (unpaired) electrons. The highest BCUT2D eigenvalue weighted by atomic mass is 16.6. The van der Waals surface area contributed by atoms with Crippen molar-refractivity contribution in [2.45, 2.75) is 26.7 Å². The molecule has 0 unspecified atom stereocenters. The van der Waals surface area contributed by atoms with Gasteiger partial charge in [0.15, 0.2) is 0 Å². The molecule has 0 heterocycles. The van der Waals surface area contributed by atoms with E-state index in [1.54, 1.807) is 24.1 Å². The van der Waals surface area contributed by atoms with E-state index in [0.29, 0.717) is 24.3 Å². The van der Waals surface area contributed by atoms with Crippen LogP contribution in [0.2, 0.25) is 0 Å². The van der Waals surface area contributed by atoms with E-state index in [2.05, 4.69) is 5.32 Å². The summed E-state index contributed by atoms with van der Waals surface area (Å²) in [5.74, 6) is -0.200. The molecule has 1 aromatic carbocycles. The number of amides is 1. The minimum absolute atomic E-state index is 0.0609. The lowest BCUT2D eigenvalue weighted by molar-refractivity contribution is -0.384. The lowest BCUT2D eigenvalue weighted by Gasteiger charge is -2.18. The van der Waals surface area contributed by atoms with Crippen molar-refractivity contribution in [3.63, 3.8) is 0 Å². The predicted molar refractivity (Wildman–Crippen MR) is 79.1 cm³/mol. The molecular weight excluding hydrogens is 258 g/mol. The molecule has 0 aliphatic rings. The average molecular weight is 279 g/mol. The maximum atomic E-state index is 12.4. The van der Waals surface area contributed by atoms with Crippen molar-refractivity contribution in [2.24, 2.45) is 0 Å². The molecule has 0 spiro atoms. The molecular formula is C14H21N3O3. The van der Waals surface area contributed by atoms with Gasteiger partial charge in [-0.1, -0.05) is 19.9 Å². The van der Waals surface area contributed by atoms with Crippen molar-refractivity contribution in [3.05, 3.63) is 33.9 Å². The first kappa shape index (κ1) is 15.9. The van der Waals surface area contributed by atoms with Gasteiger partial charge in [0, 0.05) is 26.2 Å². The van der Waals surface area contributed by atoms with E-state index in [9.17, 15) is 14.9 Å². The van der Waals surface area contributed by atoms with Crippen molar-refractivity contribution in [3.8, 4) is 0 Å². The van der Waals surface area contributed by atoms with Gasteiger partial charge in [0.2, 0.25) is 0 Å². The van der Waals surface area contributed by atoms with Crippen molar-refractivity contribution in [1.82, 2.24) is 4.90 Å². The van der Waals surface area contributed by atoms with Gasteiger partial charge in [0.1, 0.15) is 5.69 Å². The molecule has 1 amide bonds. The van der Waals surface area contributed by atoms with Gasteiger partial charge >= 0.3 is 0 Å². The summed E-state index contributed by atoms with van der Waals surface area (Å²) in [6, 6.07) is 4.58. The highest BCUT2D eigenvalue weighted by Crippen LogP contribution is 2.29. The molecule has 0 bridgehead atoms. The second kappa shape index (κ2) is 7.47. The molecule has 1 N–H and O–H groups in total. The Morgan fingerprint density at radius 2 is 2.05 bits per heavy atom. The molecule has 0 aliphatic heterocycles. The highest BCUT2D eigenvalue weighted by molar-refractivity contribution is 6.01. The largest absolute Gasteiger partial charge is 0.379 e. The van der Waals surface area contributed by atoms with Crippen LogP contribution in [-0.4, -0.2) is 35.9 Å². The number of nitrogens with zero attached hydrogens (tertiary/aromatic N) is 2. The van der Waals surface area contributed by atoms with Crippen molar-refractivity contribution in [1.29, 1.82) is 0 Å². The normalized spacial score (nSPS) is 10.2. The number of nitro groups is 1. The van der Waals surface area contributed by atoms with Crippen molar-refractivity contribution >= 4 is 17.3 Å². The lowest BCUT2D eigenvalue weighted by Crippen LogP contribution is -2.28. The first-order valence-electron chi connectivity index (χ1n) is 6.79. The van der Waals surface area contributed by atoms with Crippen molar-refractivity contribution < 1.29 is 9.72 Å². The zero-order valence-electron chi connectivity index (χ0n) is 12.2. The number of hydrogen-bond acceptors (Lipinski definition) is 4. The summed E-state index contributed by atoms with van der Waals surface area (Å²) in [6.45, 7) is 5.15. The molecule has 0 aliphatic carbocycles. The van der Waals surface area contributed by atoms with Crippen molar-refractivity contribution in [2.75, 3.05) is 25.5 Å². The first-order chi connectivity index (χ1) is 9.52. The molecule has 6 heteroatoms. The summed E-state index contributed by atoms with van der Waals surface area (Å²) < 4.78 is 0. The summed E-state index contributed by atoms with van der Waals surface area (Å²) in [7, 11) is 1.70. The van der Waals surface area contributed by atoms with Crippen LogP contribution in [0, 0.1) is 10.1 Å². The van der Waals surface area contributed by atoms with E-state index in [4.69, 9.17) is 0 Å². The average Bonchev–Trinajstić information content (AvgIpc) is 2.44. The third-order valence-electron chi connectivity index (χ3n) is 2.93. The van der Waals surface area contributed by atoms with Crippen LogP contribution in [0.3, 0.4) is 0 Å². The van der Waals surface area contributed by atoms with Gasteiger partial charge in [-0.2, -0.15) is 0 Å². The second-order valence-electron chi connectivity index (χ2n) is 4.61. The number of benzene rings is 1. The number of nitro benzene ring substituents is 1. The van der Waals surface area contributed by atoms with E-state index in [0.717, 1.165) is 12.8 Å². The molecule has 6 nitrogen and oxygen atoms in total. The zero-order chi connectivity index (χ0) is 15.1. The summed E-state index contributed by atoms with van der Waals surface area (Å²) in [4.78, 5) is 24.6. The Morgan fingerprint density at radius 1 is 1.35 bits per heavy atom. The quantitative estimate of drug-likeness (QED) is 0.615. The number of carbonyl (C=O) groups is 1. The van der Waals surface area contributed by atoms with E-state index >= 15 is 0 Å². The summed E-state index contributed by atoms with van der Waals surface area (Å²) in [5.41, 5.74) is 0.602. The first-order valence-corrected chi connectivity index (χ1v) is 6.79. The lowest BCUT2D eigenvalue weighted by atomic mass is 10.1. The Balaban J connectivity index is 3.20. The minimum Gasteiger partial charge on any atom is -0.379 e. The summed E-state index contributed by atoms with van der Waals surface area (Å²) >= 11 is 0.